The standard InChI is InChI=1S/C17H19BrN2O3/c1-17-5-3-2-4-11(17)15(17)16(21)20-19-8-10-6-13-14(7-12(10)18)23-9-22-13/h6-8,11,15H,2-5,9H2,1H3,(H,20,21)/t11-,15-,17-/m1/s1. The normalized spacial score (nSPS) is 31.0. The maximum absolute atomic E-state index is 12.4. The van der Waals surface area contributed by atoms with Gasteiger partial charge in [-0.25, -0.2) is 5.43 Å². The van der Waals surface area contributed by atoms with Crippen LogP contribution >= 0.6 is 15.9 Å². The monoisotopic (exact) mass is 378 g/mol. The van der Waals surface area contributed by atoms with Crippen molar-refractivity contribution in [2.45, 2.75) is 32.6 Å². The van der Waals surface area contributed by atoms with Crippen molar-refractivity contribution in [2.24, 2.45) is 22.4 Å². The summed E-state index contributed by atoms with van der Waals surface area (Å²) in [5, 5.41) is 4.13. The van der Waals surface area contributed by atoms with Gasteiger partial charge < -0.3 is 9.47 Å². The molecule has 1 N–H and O–H groups in total. The number of carbonyl (C=O) groups excluding carboxylic acids is 1. The molecule has 0 unspecified atom stereocenters. The highest BCUT2D eigenvalue weighted by atomic mass is 79.9. The minimum Gasteiger partial charge on any atom is -0.454 e. The Hall–Kier alpha value is -1.56. The Balaban J connectivity index is 1.41. The van der Waals surface area contributed by atoms with E-state index in [2.05, 4.69) is 33.4 Å². The summed E-state index contributed by atoms with van der Waals surface area (Å²) in [6.45, 7) is 2.47. The number of hydrogen-bond acceptors (Lipinski definition) is 4. The zero-order valence-corrected chi connectivity index (χ0v) is 14.6. The predicted octanol–water partition coefficient (Wildman–Crippen LogP) is 3.45. The first-order chi connectivity index (χ1) is 11.1. The predicted molar refractivity (Wildman–Crippen MR) is 89.6 cm³/mol. The van der Waals surface area contributed by atoms with E-state index < -0.39 is 0 Å². The first-order valence-corrected chi connectivity index (χ1v) is 8.81. The van der Waals surface area contributed by atoms with Crippen molar-refractivity contribution in [3.8, 4) is 11.5 Å². The molecule has 4 rings (SSSR count). The number of nitrogens with zero attached hydrogens (tertiary/aromatic N) is 1. The van der Waals surface area contributed by atoms with Crippen LogP contribution in [0.15, 0.2) is 21.7 Å². The van der Waals surface area contributed by atoms with Crippen LogP contribution in [0.4, 0.5) is 0 Å². The maximum atomic E-state index is 12.4. The van der Waals surface area contributed by atoms with E-state index in [0.29, 0.717) is 17.4 Å². The molecule has 1 heterocycles. The minimum atomic E-state index is 0.0486. The molecule has 0 aromatic heterocycles. The van der Waals surface area contributed by atoms with Crippen LogP contribution in [0.25, 0.3) is 0 Å². The molecule has 2 saturated carbocycles. The molecule has 1 aromatic rings. The van der Waals surface area contributed by atoms with Crippen molar-refractivity contribution in [3.05, 3.63) is 22.2 Å². The van der Waals surface area contributed by atoms with E-state index in [-0.39, 0.29) is 24.0 Å². The number of hydrazone groups is 1. The van der Waals surface area contributed by atoms with Crippen molar-refractivity contribution in [2.75, 3.05) is 6.79 Å². The van der Waals surface area contributed by atoms with Gasteiger partial charge >= 0.3 is 0 Å². The molecule has 3 aliphatic rings. The lowest BCUT2D eigenvalue weighted by Crippen LogP contribution is -2.22. The van der Waals surface area contributed by atoms with Gasteiger partial charge in [-0.05, 0) is 52.2 Å². The van der Waals surface area contributed by atoms with E-state index in [0.717, 1.165) is 16.5 Å². The fraction of sp³-hybridized carbons (Fsp3) is 0.529. The lowest BCUT2D eigenvalue weighted by Gasteiger charge is -2.15. The van der Waals surface area contributed by atoms with Crippen LogP contribution in [-0.2, 0) is 4.79 Å². The topological polar surface area (TPSA) is 59.9 Å². The quantitative estimate of drug-likeness (QED) is 0.647. The van der Waals surface area contributed by atoms with E-state index in [4.69, 9.17) is 9.47 Å². The Bertz CT molecular complexity index is 691. The molecule has 0 spiro atoms. The molecule has 1 amide bonds. The third kappa shape index (κ3) is 2.53. The minimum absolute atomic E-state index is 0.0486. The largest absolute Gasteiger partial charge is 0.454 e. The van der Waals surface area contributed by atoms with Crippen LogP contribution < -0.4 is 14.9 Å². The van der Waals surface area contributed by atoms with Gasteiger partial charge in [0.05, 0.1) is 6.21 Å². The Kier molecular flexibility index (Phi) is 3.59. The van der Waals surface area contributed by atoms with Gasteiger partial charge in [0.2, 0.25) is 12.7 Å². The van der Waals surface area contributed by atoms with Gasteiger partial charge in [-0.3, -0.25) is 4.79 Å². The second kappa shape index (κ2) is 5.51. The summed E-state index contributed by atoms with van der Waals surface area (Å²) in [6, 6.07) is 3.70. The number of rotatable bonds is 3. The summed E-state index contributed by atoms with van der Waals surface area (Å²) < 4.78 is 11.5. The van der Waals surface area contributed by atoms with Gasteiger partial charge in [0.25, 0.3) is 0 Å². The highest BCUT2D eigenvalue weighted by molar-refractivity contribution is 9.10. The molecule has 0 radical (unpaired) electrons. The Morgan fingerprint density at radius 1 is 1.39 bits per heavy atom. The summed E-state index contributed by atoms with van der Waals surface area (Å²) in [4.78, 5) is 12.4. The Labute approximate surface area is 143 Å². The van der Waals surface area contributed by atoms with Crippen LogP contribution in [0.2, 0.25) is 0 Å². The van der Waals surface area contributed by atoms with Crippen molar-refractivity contribution in [1.29, 1.82) is 0 Å². The molecule has 6 heteroatoms. The van der Waals surface area contributed by atoms with Crippen LogP contribution in [0.3, 0.4) is 0 Å². The molecule has 23 heavy (non-hydrogen) atoms. The highest BCUT2D eigenvalue weighted by Crippen LogP contribution is 2.66. The van der Waals surface area contributed by atoms with E-state index >= 15 is 0 Å². The van der Waals surface area contributed by atoms with Crippen molar-refractivity contribution < 1.29 is 14.3 Å². The number of halogens is 1. The van der Waals surface area contributed by atoms with E-state index in [1.165, 1.54) is 19.3 Å². The first-order valence-electron chi connectivity index (χ1n) is 8.02. The second-order valence-electron chi connectivity index (χ2n) is 6.80. The number of nitrogens with one attached hydrogen (secondary N) is 1. The number of benzene rings is 1. The van der Waals surface area contributed by atoms with Gasteiger partial charge in [-0.1, -0.05) is 19.8 Å². The average Bonchev–Trinajstić information content (AvgIpc) is 2.91. The zero-order chi connectivity index (χ0) is 16.0. The Morgan fingerprint density at radius 2 is 2.17 bits per heavy atom. The van der Waals surface area contributed by atoms with Crippen LogP contribution in [0, 0.1) is 17.3 Å². The molecule has 0 bridgehead atoms. The van der Waals surface area contributed by atoms with Crippen LogP contribution in [0.1, 0.15) is 38.2 Å². The zero-order valence-electron chi connectivity index (χ0n) is 13.0. The highest BCUT2D eigenvalue weighted by Gasteiger charge is 2.64. The van der Waals surface area contributed by atoms with E-state index in [1.54, 1.807) is 6.21 Å². The maximum Gasteiger partial charge on any atom is 0.244 e. The van der Waals surface area contributed by atoms with Gasteiger partial charge in [-0.2, -0.15) is 5.10 Å². The summed E-state index contributed by atoms with van der Waals surface area (Å²) in [7, 11) is 0. The van der Waals surface area contributed by atoms with Gasteiger partial charge in [0.15, 0.2) is 11.5 Å². The SMILES string of the molecule is C[C@@]12CCCC[C@@H]1[C@@H]2C(=O)NN=Cc1cc2c(cc1Br)OCO2. The molecule has 1 aliphatic heterocycles. The van der Waals surface area contributed by atoms with Gasteiger partial charge in [0, 0.05) is 16.0 Å². The fourth-order valence-electron chi connectivity index (χ4n) is 4.12. The molecule has 1 aromatic carbocycles. The molecule has 0 saturated heterocycles. The molecule has 2 aliphatic carbocycles. The summed E-state index contributed by atoms with van der Waals surface area (Å²) in [5.74, 6) is 2.13. The molecule has 2 fully saturated rings. The molecule has 122 valence electrons. The van der Waals surface area contributed by atoms with Crippen molar-refractivity contribution in [3.63, 3.8) is 0 Å². The van der Waals surface area contributed by atoms with Crippen LogP contribution in [0.5, 0.6) is 11.5 Å². The van der Waals surface area contributed by atoms with Crippen molar-refractivity contribution in [1.82, 2.24) is 5.43 Å². The Morgan fingerprint density at radius 3 is 2.91 bits per heavy atom. The number of carbonyl (C=O) groups is 1. The number of amides is 1. The average molecular weight is 379 g/mol. The first kappa shape index (κ1) is 15.0. The van der Waals surface area contributed by atoms with E-state index in [9.17, 15) is 4.79 Å². The number of hydrogen-bond donors (Lipinski definition) is 1. The number of ether oxygens (including phenoxy) is 2. The summed E-state index contributed by atoms with van der Waals surface area (Å²) in [5.41, 5.74) is 3.75. The molecular formula is C17H19BrN2O3. The van der Waals surface area contributed by atoms with Gasteiger partial charge in [0.1, 0.15) is 0 Å². The summed E-state index contributed by atoms with van der Waals surface area (Å²) >= 11 is 3.48. The third-order valence-corrected chi connectivity index (χ3v) is 6.17. The fourth-order valence-corrected chi connectivity index (χ4v) is 4.54. The van der Waals surface area contributed by atoms with Crippen molar-refractivity contribution >= 4 is 28.1 Å². The van der Waals surface area contributed by atoms with E-state index in [1.807, 2.05) is 12.1 Å². The number of fused-ring (bicyclic) bond motifs is 2. The molecule has 3 atom stereocenters. The smallest absolute Gasteiger partial charge is 0.244 e. The molecular weight excluding hydrogens is 360 g/mol. The summed E-state index contributed by atoms with van der Waals surface area (Å²) in [6.07, 6.45) is 6.46. The lowest BCUT2D eigenvalue weighted by molar-refractivity contribution is -0.123. The second-order valence-corrected chi connectivity index (χ2v) is 7.65. The van der Waals surface area contributed by atoms with Gasteiger partial charge in [-0.15, -0.1) is 0 Å². The van der Waals surface area contributed by atoms with Crippen LogP contribution in [-0.4, -0.2) is 18.9 Å². The lowest BCUT2D eigenvalue weighted by atomic mass is 9.90. The third-order valence-electron chi connectivity index (χ3n) is 5.48. The molecule has 5 nitrogen and oxygen atoms in total.